The van der Waals surface area contributed by atoms with Gasteiger partial charge in [0.15, 0.2) is 0 Å². The molecular formula is C16H11ClN2O2. The number of carbonyl (C=O) groups excluding carboxylic acids is 2. The number of allylic oxidation sites excluding steroid dienone is 1. The number of nitrogens with zero attached hydrogens (tertiary/aromatic N) is 1. The Morgan fingerprint density at radius 3 is 2.48 bits per heavy atom. The maximum absolute atomic E-state index is 11.9. The van der Waals surface area contributed by atoms with E-state index in [4.69, 9.17) is 11.6 Å². The molecule has 5 heteroatoms. The molecule has 104 valence electrons. The molecule has 0 saturated heterocycles. The number of rotatable bonds is 2. The van der Waals surface area contributed by atoms with Crippen LogP contribution in [0.15, 0.2) is 47.6 Å². The van der Waals surface area contributed by atoms with E-state index in [-0.39, 0.29) is 10.6 Å². The standard InChI is InChI=1S/C16H11ClN2O2/c1-9-4-6-10(7-5-9)19-14-12(17)16(21)15(20)11-3-2-8-18-13(11)14/h2-8,19H,1H3. The summed E-state index contributed by atoms with van der Waals surface area (Å²) in [6.45, 7) is 1.98. The molecule has 0 atom stereocenters. The van der Waals surface area contributed by atoms with Crippen LogP contribution in [0.5, 0.6) is 0 Å². The van der Waals surface area contributed by atoms with Crippen molar-refractivity contribution < 1.29 is 9.59 Å². The summed E-state index contributed by atoms with van der Waals surface area (Å²) in [6.07, 6.45) is 1.56. The highest BCUT2D eigenvalue weighted by Crippen LogP contribution is 2.30. The van der Waals surface area contributed by atoms with Crippen LogP contribution in [-0.4, -0.2) is 16.6 Å². The molecule has 4 nitrogen and oxygen atoms in total. The highest BCUT2D eigenvalue weighted by atomic mass is 35.5. The van der Waals surface area contributed by atoms with Crippen LogP contribution in [0.25, 0.3) is 5.70 Å². The first kappa shape index (κ1) is 13.5. The van der Waals surface area contributed by atoms with Crippen molar-refractivity contribution in [3.63, 3.8) is 0 Å². The number of ketones is 2. The topological polar surface area (TPSA) is 59.1 Å². The number of hydrogen-bond donors (Lipinski definition) is 1. The van der Waals surface area contributed by atoms with Gasteiger partial charge < -0.3 is 5.32 Å². The fourth-order valence-corrected chi connectivity index (χ4v) is 2.35. The van der Waals surface area contributed by atoms with Gasteiger partial charge in [0.2, 0.25) is 11.6 Å². The molecule has 0 spiro atoms. The summed E-state index contributed by atoms with van der Waals surface area (Å²) in [6, 6.07) is 10.8. The number of hydrogen-bond acceptors (Lipinski definition) is 4. The first-order chi connectivity index (χ1) is 10.1. The Morgan fingerprint density at radius 1 is 1.05 bits per heavy atom. The van der Waals surface area contributed by atoms with E-state index >= 15 is 0 Å². The van der Waals surface area contributed by atoms with E-state index in [2.05, 4.69) is 10.3 Å². The summed E-state index contributed by atoms with van der Waals surface area (Å²) in [7, 11) is 0. The molecule has 0 bridgehead atoms. The molecule has 3 rings (SSSR count). The van der Waals surface area contributed by atoms with E-state index in [1.54, 1.807) is 18.3 Å². The van der Waals surface area contributed by atoms with Crippen molar-refractivity contribution >= 4 is 34.6 Å². The second kappa shape index (κ2) is 5.14. The Kier molecular flexibility index (Phi) is 3.31. The summed E-state index contributed by atoms with van der Waals surface area (Å²) in [5.74, 6) is -1.34. The van der Waals surface area contributed by atoms with Crippen LogP contribution in [0, 0.1) is 6.92 Å². The summed E-state index contributed by atoms with van der Waals surface area (Å²) < 4.78 is 0. The van der Waals surface area contributed by atoms with Crippen molar-refractivity contribution in [2.45, 2.75) is 6.92 Å². The van der Waals surface area contributed by atoms with E-state index in [0.717, 1.165) is 11.3 Å². The van der Waals surface area contributed by atoms with Crippen molar-refractivity contribution in [2.75, 3.05) is 5.32 Å². The molecule has 0 aliphatic heterocycles. The molecule has 2 aromatic rings. The van der Waals surface area contributed by atoms with Crippen molar-refractivity contribution in [1.29, 1.82) is 0 Å². The third kappa shape index (κ3) is 2.34. The number of halogens is 1. The van der Waals surface area contributed by atoms with Crippen LogP contribution >= 0.6 is 11.6 Å². The normalized spacial score (nSPS) is 14.2. The van der Waals surface area contributed by atoms with Gasteiger partial charge in [-0.05, 0) is 31.2 Å². The predicted molar refractivity (Wildman–Crippen MR) is 81.1 cm³/mol. The van der Waals surface area contributed by atoms with Crippen LogP contribution in [0.3, 0.4) is 0 Å². The molecular weight excluding hydrogens is 288 g/mol. The fraction of sp³-hybridized carbons (Fsp3) is 0.0625. The number of fused-ring (bicyclic) bond motifs is 1. The second-order valence-electron chi connectivity index (χ2n) is 4.74. The first-order valence-electron chi connectivity index (χ1n) is 6.36. The number of benzene rings is 1. The molecule has 1 aliphatic rings. The molecule has 0 radical (unpaired) electrons. The number of pyridine rings is 1. The Balaban J connectivity index is 2.09. The number of anilines is 1. The molecule has 0 saturated carbocycles. The van der Waals surface area contributed by atoms with Gasteiger partial charge in [0, 0.05) is 11.9 Å². The minimum atomic E-state index is -0.716. The van der Waals surface area contributed by atoms with Gasteiger partial charge in [0.05, 0.1) is 17.0 Å². The number of carbonyl (C=O) groups is 2. The van der Waals surface area contributed by atoms with E-state index in [1.807, 2.05) is 31.2 Å². The minimum Gasteiger partial charge on any atom is -0.352 e. The molecule has 1 heterocycles. The van der Waals surface area contributed by atoms with E-state index in [1.165, 1.54) is 0 Å². The van der Waals surface area contributed by atoms with E-state index in [0.29, 0.717) is 11.4 Å². The molecule has 1 aliphatic carbocycles. The zero-order valence-corrected chi connectivity index (χ0v) is 11.9. The van der Waals surface area contributed by atoms with Gasteiger partial charge in [-0.25, -0.2) is 0 Å². The molecule has 1 N–H and O–H groups in total. The van der Waals surface area contributed by atoms with Crippen molar-refractivity contribution in [2.24, 2.45) is 0 Å². The molecule has 0 amide bonds. The van der Waals surface area contributed by atoms with Crippen molar-refractivity contribution in [3.05, 3.63) is 64.4 Å². The quantitative estimate of drug-likeness (QED) is 0.865. The van der Waals surface area contributed by atoms with E-state index in [9.17, 15) is 9.59 Å². The van der Waals surface area contributed by atoms with Crippen LogP contribution < -0.4 is 5.32 Å². The van der Waals surface area contributed by atoms with Gasteiger partial charge >= 0.3 is 0 Å². The lowest BCUT2D eigenvalue weighted by molar-refractivity contribution is -0.111. The smallest absolute Gasteiger partial charge is 0.247 e. The van der Waals surface area contributed by atoms with Gasteiger partial charge in [0.1, 0.15) is 5.03 Å². The van der Waals surface area contributed by atoms with Crippen LogP contribution in [0.1, 0.15) is 21.6 Å². The molecule has 1 aromatic heterocycles. The van der Waals surface area contributed by atoms with Crippen LogP contribution in [-0.2, 0) is 4.79 Å². The van der Waals surface area contributed by atoms with Gasteiger partial charge in [-0.1, -0.05) is 29.3 Å². The van der Waals surface area contributed by atoms with Crippen LogP contribution in [0.4, 0.5) is 5.69 Å². The maximum Gasteiger partial charge on any atom is 0.247 e. The first-order valence-corrected chi connectivity index (χ1v) is 6.73. The SMILES string of the molecule is Cc1ccc(NC2=C(Cl)C(=O)C(=O)c3cccnc32)cc1. The van der Waals surface area contributed by atoms with E-state index < -0.39 is 11.6 Å². The number of aryl methyl sites for hydroxylation is 1. The highest BCUT2D eigenvalue weighted by molar-refractivity contribution is 6.64. The average Bonchev–Trinajstić information content (AvgIpc) is 2.51. The summed E-state index contributed by atoms with van der Waals surface area (Å²) >= 11 is 6.04. The Morgan fingerprint density at radius 2 is 1.76 bits per heavy atom. The van der Waals surface area contributed by atoms with Crippen LogP contribution in [0.2, 0.25) is 0 Å². The highest BCUT2D eigenvalue weighted by Gasteiger charge is 2.32. The molecule has 21 heavy (non-hydrogen) atoms. The average molecular weight is 299 g/mol. The number of nitrogens with one attached hydrogen (secondary N) is 1. The molecule has 0 fully saturated rings. The zero-order valence-electron chi connectivity index (χ0n) is 11.2. The lowest BCUT2D eigenvalue weighted by Crippen LogP contribution is -2.25. The lowest BCUT2D eigenvalue weighted by Gasteiger charge is -2.18. The lowest BCUT2D eigenvalue weighted by atomic mass is 9.96. The Labute approximate surface area is 126 Å². The Bertz CT molecular complexity index is 779. The second-order valence-corrected chi connectivity index (χ2v) is 5.12. The fourth-order valence-electron chi connectivity index (χ4n) is 2.12. The summed E-state index contributed by atoms with van der Waals surface area (Å²) in [4.78, 5) is 28.0. The zero-order chi connectivity index (χ0) is 15.0. The summed E-state index contributed by atoms with van der Waals surface area (Å²) in [5, 5.41) is 2.94. The Hall–Kier alpha value is -2.46. The van der Waals surface area contributed by atoms with Gasteiger partial charge in [-0.3, -0.25) is 14.6 Å². The number of aromatic nitrogens is 1. The summed E-state index contributed by atoms with van der Waals surface area (Å²) in [5.41, 5.74) is 2.91. The molecule has 1 aromatic carbocycles. The van der Waals surface area contributed by atoms with Gasteiger partial charge in [-0.2, -0.15) is 0 Å². The largest absolute Gasteiger partial charge is 0.352 e. The monoisotopic (exact) mass is 298 g/mol. The van der Waals surface area contributed by atoms with Crippen molar-refractivity contribution in [1.82, 2.24) is 4.98 Å². The number of Topliss-reactive ketones (excluding diaryl/α,β-unsaturated/α-hetero) is 2. The van der Waals surface area contributed by atoms with Crippen molar-refractivity contribution in [3.8, 4) is 0 Å². The van der Waals surface area contributed by atoms with Gasteiger partial charge in [-0.15, -0.1) is 0 Å². The van der Waals surface area contributed by atoms with Gasteiger partial charge in [0.25, 0.3) is 0 Å². The third-order valence-corrected chi connectivity index (χ3v) is 3.60. The third-order valence-electron chi connectivity index (χ3n) is 3.24. The maximum atomic E-state index is 11.9. The minimum absolute atomic E-state index is 0.133. The molecule has 0 unspecified atom stereocenters. The predicted octanol–water partition coefficient (Wildman–Crippen LogP) is 3.17.